The van der Waals surface area contributed by atoms with Gasteiger partial charge in [-0.05, 0) is 0 Å². The number of hydrogen-bond acceptors (Lipinski definition) is 0. The molecule has 0 unspecified atom stereocenters. The maximum absolute atomic E-state index is 3.85. The summed E-state index contributed by atoms with van der Waals surface area (Å²) in [6, 6.07) is 4.91. The molecule has 0 aliphatic rings. The first-order chi connectivity index (χ1) is 8.78. The normalized spacial score (nSPS) is 13.7. The van der Waals surface area contributed by atoms with Crippen molar-refractivity contribution < 1.29 is 0 Å². The Bertz CT molecular complexity index is 447. The van der Waals surface area contributed by atoms with Gasteiger partial charge in [0, 0.05) is 0 Å². The zero-order valence-electron chi connectivity index (χ0n) is 14.4. The van der Waals surface area contributed by atoms with Crippen LogP contribution in [0.15, 0.2) is 12.1 Å². The Kier molecular flexibility index (Phi) is 5.51. The molecule has 0 bridgehead atoms. The summed E-state index contributed by atoms with van der Waals surface area (Å²) in [6.45, 7) is 20.9. The van der Waals surface area contributed by atoms with Gasteiger partial charge in [0.1, 0.15) is 0 Å². The third kappa shape index (κ3) is 4.25. The molecule has 0 heterocycles. The first-order valence-electron chi connectivity index (χ1n) is 7.26. The van der Waals surface area contributed by atoms with Crippen LogP contribution in [0.3, 0.4) is 0 Å². The van der Waals surface area contributed by atoms with Gasteiger partial charge in [-0.2, -0.15) is 0 Å². The van der Waals surface area contributed by atoms with Crippen molar-refractivity contribution in [3.05, 3.63) is 28.8 Å². The Hall–Kier alpha value is 0.490. The molecule has 1 aromatic carbocycles. The molecule has 0 saturated heterocycles. The molecule has 0 nitrogen and oxygen atoms in total. The minimum atomic E-state index is -0.290. The van der Waals surface area contributed by atoms with E-state index in [9.17, 15) is 0 Å². The van der Waals surface area contributed by atoms with Crippen molar-refractivity contribution >= 4 is 35.1 Å². The van der Waals surface area contributed by atoms with Crippen LogP contribution in [0.25, 0.3) is 0 Å². The second-order valence-corrected chi connectivity index (χ2v) is 12.5. The van der Waals surface area contributed by atoms with E-state index in [0.29, 0.717) is 0 Å². The van der Waals surface area contributed by atoms with Gasteiger partial charge in [-0.15, -0.1) is 0 Å². The first-order valence-corrected chi connectivity index (χ1v) is 13.7. The second kappa shape index (κ2) is 5.94. The van der Waals surface area contributed by atoms with Crippen molar-refractivity contribution in [1.29, 1.82) is 0 Å². The van der Waals surface area contributed by atoms with Crippen LogP contribution in [-0.4, -0.2) is 18.7 Å². The Morgan fingerprint density at radius 3 is 1.25 bits per heavy atom. The molecular formula is C18H29BrTe. The van der Waals surface area contributed by atoms with Crippen molar-refractivity contribution in [2.24, 2.45) is 0 Å². The van der Waals surface area contributed by atoms with Gasteiger partial charge >= 0.3 is 142 Å². The third-order valence-electron chi connectivity index (χ3n) is 3.65. The van der Waals surface area contributed by atoms with Crippen LogP contribution in [0.5, 0.6) is 0 Å². The zero-order chi connectivity index (χ0) is 15.9. The summed E-state index contributed by atoms with van der Waals surface area (Å²) in [5.74, 6) is 0. The van der Waals surface area contributed by atoms with Gasteiger partial charge in [-0.25, -0.2) is 0 Å². The predicted octanol–water partition coefficient (Wildman–Crippen LogP) is 5.22. The van der Waals surface area contributed by atoms with Crippen molar-refractivity contribution in [2.75, 3.05) is 0 Å². The monoisotopic (exact) mass is 454 g/mol. The van der Waals surface area contributed by atoms with E-state index in [-0.39, 0.29) is 35.0 Å². The van der Waals surface area contributed by atoms with Gasteiger partial charge in [0.15, 0.2) is 0 Å². The molecule has 0 saturated carbocycles. The molecule has 0 aliphatic carbocycles. The van der Waals surface area contributed by atoms with E-state index in [1.807, 2.05) is 0 Å². The van der Waals surface area contributed by atoms with E-state index >= 15 is 0 Å². The fraction of sp³-hybridized carbons (Fsp3) is 0.667. The van der Waals surface area contributed by atoms with Crippen LogP contribution >= 0.6 is 12.8 Å². The molecule has 20 heavy (non-hydrogen) atoms. The summed E-state index contributed by atoms with van der Waals surface area (Å²) < 4.78 is 1.60. The van der Waals surface area contributed by atoms with E-state index in [2.05, 4.69) is 87.2 Å². The molecule has 1 rings (SSSR count). The zero-order valence-corrected chi connectivity index (χ0v) is 18.4. The average molecular weight is 453 g/mol. The molecule has 0 aliphatic heterocycles. The molecule has 1 aromatic rings. The van der Waals surface area contributed by atoms with E-state index in [4.69, 9.17) is 0 Å². The van der Waals surface area contributed by atoms with E-state index in [1.54, 1.807) is 3.61 Å². The first kappa shape index (κ1) is 18.5. The van der Waals surface area contributed by atoms with Crippen molar-refractivity contribution in [1.82, 2.24) is 0 Å². The summed E-state index contributed by atoms with van der Waals surface area (Å²) in [5.41, 5.74) is 5.14. The quantitative estimate of drug-likeness (QED) is 0.512. The number of halogens is 1. The van der Waals surface area contributed by atoms with Crippen LogP contribution in [0.2, 0.25) is 0 Å². The van der Waals surface area contributed by atoms with Crippen molar-refractivity contribution in [2.45, 2.75) is 78.6 Å². The van der Waals surface area contributed by atoms with Crippen LogP contribution in [0.1, 0.15) is 79.0 Å². The van der Waals surface area contributed by atoms with E-state index in [0.717, 1.165) is 0 Å². The van der Waals surface area contributed by atoms with Crippen molar-refractivity contribution in [3.8, 4) is 0 Å². The molecule has 0 spiro atoms. The van der Waals surface area contributed by atoms with E-state index in [1.165, 1.54) is 16.7 Å². The topological polar surface area (TPSA) is 0 Å². The SMILES string of the molecule is CC(C)(C)c1cc(C(C)(C)C)c([Te]Br)c(C(C)(C)C)c1. The van der Waals surface area contributed by atoms with Gasteiger partial charge in [-0.1, -0.05) is 0 Å². The molecule has 2 heteroatoms. The molecule has 0 amide bonds. The number of rotatable bonds is 1. The second-order valence-electron chi connectivity index (χ2n) is 8.73. The Morgan fingerprint density at radius 2 is 1.05 bits per heavy atom. The Morgan fingerprint density at radius 1 is 0.700 bits per heavy atom. The fourth-order valence-electron chi connectivity index (χ4n) is 2.26. The van der Waals surface area contributed by atoms with Crippen LogP contribution in [0.4, 0.5) is 0 Å². The van der Waals surface area contributed by atoms with Crippen LogP contribution in [-0.2, 0) is 16.2 Å². The summed E-state index contributed by atoms with van der Waals surface area (Å²) in [5, 5.41) is 0. The van der Waals surface area contributed by atoms with Gasteiger partial charge in [0.25, 0.3) is 0 Å². The average Bonchev–Trinajstić information content (AvgIpc) is 2.23. The summed E-state index contributed by atoms with van der Waals surface area (Å²) in [6.07, 6.45) is 0. The van der Waals surface area contributed by atoms with Crippen LogP contribution < -0.4 is 3.61 Å². The number of benzene rings is 1. The molecular weight excluding hydrogens is 424 g/mol. The van der Waals surface area contributed by atoms with Gasteiger partial charge < -0.3 is 0 Å². The molecule has 0 atom stereocenters. The Labute approximate surface area is 142 Å². The maximum atomic E-state index is 3.85. The summed E-state index contributed by atoms with van der Waals surface area (Å²) in [7, 11) is 0. The van der Waals surface area contributed by atoms with Gasteiger partial charge in [0.2, 0.25) is 0 Å². The summed E-state index contributed by atoms with van der Waals surface area (Å²) >= 11 is 3.56. The molecule has 114 valence electrons. The van der Waals surface area contributed by atoms with E-state index < -0.39 is 0 Å². The van der Waals surface area contributed by atoms with Gasteiger partial charge in [0.05, 0.1) is 0 Å². The Balaban J connectivity index is 3.75. The summed E-state index contributed by atoms with van der Waals surface area (Å²) in [4.78, 5) is 0. The molecule has 0 radical (unpaired) electrons. The van der Waals surface area contributed by atoms with Gasteiger partial charge in [-0.3, -0.25) is 0 Å². The fourth-order valence-corrected chi connectivity index (χ4v) is 7.16. The minimum absolute atomic E-state index is 0.200. The predicted molar refractivity (Wildman–Crippen MR) is 96.9 cm³/mol. The standard InChI is InChI=1S/C18H29BrTe/c1-16(2,3)12-10-13(17(4,5)6)15(20-19)14(11-12)18(7,8)9/h10-11H,1-9H3. The third-order valence-corrected chi connectivity index (χ3v) is 7.52. The van der Waals surface area contributed by atoms with Crippen LogP contribution in [0, 0.1) is 0 Å². The molecule has 0 aromatic heterocycles. The molecule has 0 N–H and O–H groups in total. The number of hydrogen-bond donors (Lipinski definition) is 0. The molecule has 0 fully saturated rings. The van der Waals surface area contributed by atoms with Crippen molar-refractivity contribution in [3.63, 3.8) is 0 Å².